The SMILES string of the molecule is CC(C)NC(=O)C1OC1CCC(C)C(=O)C1OC1C. The molecular weight excluding hydrogens is 246 g/mol. The summed E-state index contributed by atoms with van der Waals surface area (Å²) in [5, 5.41) is 2.83. The van der Waals surface area contributed by atoms with Crippen molar-refractivity contribution in [2.75, 3.05) is 0 Å². The summed E-state index contributed by atoms with van der Waals surface area (Å²) < 4.78 is 10.5. The summed E-state index contributed by atoms with van der Waals surface area (Å²) in [6.07, 6.45) is 1.05. The minimum Gasteiger partial charge on any atom is -0.362 e. The number of Topliss-reactive ketones (excluding diaryl/α,β-unsaturated/α-hetero) is 1. The molecule has 5 heteroatoms. The van der Waals surface area contributed by atoms with Crippen molar-refractivity contribution in [3.63, 3.8) is 0 Å². The van der Waals surface area contributed by atoms with Gasteiger partial charge in [-0.1, -0.05) is 6.92 Å². The van der Waals surface area contributed by atoms with Gasteiger partial charge in [0.2, 0.25) is 0 Å². The topological polar surface area (TPSA) is 71.2 Å². The highest BCUT2D eigenvalue weighted by Gasteiger charge is 2.46. The maximum Gasteiger partial charge on any atom is 0.252 e. The highest BCUT2D eigenvalue weighted by molar-refractivity contribution is 5.87. The Hall–Kier alpha value is -0.940. The minimum atomic E-state index is -0.319. The lowest BCUT2D eigenvalue weighted by Crippen LogP contribution is -2.34. The van der Waals surface area contributed by atoms with Crippen LogP contribution in [-0.4, -0.2) is 42.1 Å². The molecule has 2 rings (SSSR count). The Kier molecular flexibility index (Phi) is 4.26. The van der Waals surface area contributed by atoms with Gasteiger partial charge in [-0.25, -0.2) is 0 Å². The first kappa shape index (κ1) is 14.5. The van der Waals surface area contributed by atoms with Crippen LogP contribution in [-0.2, 0) is 19.1 Å². The molecule has 2 aliphatic heterocycles. The molecule has 0 radical (unpaired) electrons. The Morgan fingerprint density at radius 3 is 2.32 bits per heavy atom. The van der Waals surface area contributed by atoms with Crippen LogP contribution < -0.4 is 5.32 Å². The second-order valence-electron chi connectivity index (χ2n) is 5.90. The molecule has 1 amide bonds. The Morgan fingerprint density at radius 2 is 1.79 bits per heavy atom. The molecular formula is C14H23NO4. The first-order valence-electron chi connectivity index (χ1n) is 7.05. The predicted molar refractivity (Wildman–Crippen MR) is 69.7 cm³/mol. The average molecular weight is 269 g/mol. The molecule has 5 atom stereocenters. The fraction of sp³-hybridized carbons (Fsp3) is 0.857. The smallest absolute Gasteiger partial charge is 0.252 e. The highest BCUT2D eigenvalue weighted by Crippen LogP contribution is 2.31. The van der Waals surface area contributed by atoms with E-state index in [9.17, 15) is 9.59 Å². The summed E-state index contributed by atoms with van der Waals surface area (Å²) in [6, 6.07) is 0.131. The molecule has 108 valence electrons. The number of hydrogen-bond acceptors (Lipinski definition) is 4. The fourth-order valence-electron chi connectivity index (χ4n) is 2.28. The van der Waals surface area contributed by atoms with Crippen LogP contribution in [0.1, 0.15) is 40.5 Å². The van der Waals surface area contributed by atoms with Gasteiger partial charge in [0.15, 0.2) is 11.9 Å². The second kappa shape index (κ2) is 5.59. The number of nitrogens with one attached hydrogen (secondary N) is 1. The van der Waals surface area contributed by atoms with E-state index in [2.05, 4.69) is 5.32 Å². The molecule has 0 aliphatic carbocycles. The van der Waals surface area contributed by atoms with E-state index in [1.165, 1.54) is 0 Å². The Morgan fingerprint density at radius 1 is 1.16 bits per heavy atom. The molecule has 0 spiro atoms. The van der Waals surface area contributed by atoms with E-state index in [0.717, 1.165) is 12.8 Å². The summed E-state index contributed by atoms with van der Waals surface area (Å²) in [6.45, 7) is 7.67. The molecule has 5 unspecified atom stereocenters. The number of rotatable bonds is 7. The van der Waals surface area contributed by atoms with Gasteiger partial charge in [-0.2, -0.15) is 0 Å². The van der Waals surface area contributed by atoms with Crippen molar-refractivity contribution in [3.8, 4) is 0 Å². The quantitative estimate of drug-likeness (QED) is 0.701. The maximum absolute atomic E-state index is 11.9. The van der Waals surface area contributed by atoms with Crippen molar-refractivity contribution < 1.29 is 19.1 Å². The lowest BCUT2D eigenvalue weighted by atomic mass is 9.96. The van der Waals surface area contributed by atoms with Crippen molar-refractivity contribution in [1.82, 2.24) is 5.32 Å². The van der Waals surface area contributed by atoms with Gasteiger partial charge in [0.25, 0.3) is 5.91 Å². The molecule has 2 heterocycles. The third-order valence-electron chi connectivity index (χ3n) is 3.63. The number of amides is 1. The summed E-state index contributed by atoms with van der Waals surface area (Å²) in [5.41, 5.74) is 0. The van der Waals surface area contributed by atoms with Crippen LogP contribution in [0.5, 0.6) is 0 Å². The standard InChI is InChI=1S/C14H23NO4/c1-7(2)15-14(17)13-10(19-13)6-5-8(3)11(16)12-9(4)18-12/h7-10,12-13H,5-6H2,1-4H3,(H,15,17). The van der Waals surface area contributed by atoms with Crippen LogP contribution in [0.4, 0.5) is 0 Å². The number of epoxide rings is 2. The predicted octanol–water partition coefficient (Wildman–Crippen LogP) is 1.05. The third kappa shape index (κ3) is 3.76. The van der Waals surface area contributed by atoms with E-state index in [1.54, 1.807) is 0 Å². The second-order valence-corrected chi connectivity index (χ2v) is 5.90. The molecule has 0 saturated carbocycles. The summed E-state index contributed by atoms with van der Waals surface area (Å²) in [4.78, 5) is 23.5. The number of hydrogen-bond donors (Lipinski definition) is 1. The number of carbonyl (C=O) groups is 2. The largest absolute Gasteiger partial charge is 0.362 e. The van der Waals surface area contributed by atoms with Crippen molar-refractivity contribution in [1.29, 1.82) is 0 Å². The zero-order valence-electron chi connectivity index (χ0n) is 12.0. The molecule has 19 heavy (non-hydrogen) atoms. The normalized spacial score (nSPS) is 33.9. The number of carbonyl (C=O) groups excluding carboxylic acids is 2. The van der Waals surface area contributed by atoms with Gasteiger partial charge < -0.3 is 14.8 Å². The number of ether oxygens (including phenoxy) is 2. The van der Waals surface area contributed by atoms with Gasteiger partial charge in [0.05, 0.1) is 12.2 Å². The average Bonchev–Trinajstić information content (AvgIpc) is 3.20. The summed E-state index contributed by atoms with van der Waals surface area (Å²) in [7, 11) is 0. The summed E-state index contributed by atoms with van der Waals surface area (Å²) in [5.74, 6) is 0.113. The van der Waals surface area contributed by atoms with Gasteiger partial charge in [0.1, 0.15) is 6.10 Å². The molecule has 0 aromatic heterocycles. The zero-order chi connectivity index (χ0) is 14.2. The van der Waals surface area contributed by atoms with Crippen LogP contribution >= 0.6 is 0 Å². The van der Waals surface area contributed by atoms with Crippen LogP contribution in [0, 0.1) is 5.92 Å². The highest BCUT2D eigenvalue weighted by atomic mass is 16.6. The van der Waals surface area contributed by atoms with E-state index >= 15 is 0 Å². The van der Waals surface area contributed by atoms with Gasteiger partial charge in [-0.05, 0) is 33.6 Å². The van der Waals surface area contributed by atoms with E-state index in [4.69, 9.17) is 9.47 Å². The van der Waals surface area contributed by atoms with Crippen molar-refractivity contribution in [3.05, 3.63) is 0 Å². The fourth-order valence-corrected chi connectivity index (χ4v) is 2.28. The summed E-state index contributed by atoms with van der Waals surface area (Å²) >= 11 is 0. The molecule has 2 fully saturated rings. The van der Waals surface area contributed by atoms with Gasteiger partial charge >= 0.3 is 0 Å². The van der Waals surface area contributed by atoms with Crippen LogP contribution in [0.15, 0.2) is 0 Å². The molecule has 1 N–H and O–H groups in total. The number of ketones is 1. The van der Waals surface area contributed by atoms with Crippen LogP contribution in [0.2, 0.25) is 0 Å². The van der Waals surface area contributed by atoms with E-state index < -0.39 is 0 Å². The monoisotopic (exact) mass is 269 g/mol. The molecule has 2 saturated heterocycles. The van der Waals surface area contributed by atoms with E-state index in [-0.39, 0.29) is 48.1 Å². The van der Waals surface area contributed by atoms with Crippen molar-refractivity contribution in [2.24, 2.45) is 5.92 Å². The lowest BCUT2D eigenvalue weighted by molar-refractivity contribution is -0.124. The zero-order valence-corrected chi connectivity index (χ0v) is 12.0. The van der Waals surface area contributed by atoms with E-state index in [0.29, 0.717) is 0 Å². The Labute approximate surface area is 114 Å². The van der Waals surface area contributed by atoms with Crippen LogP contribution in [0.25, 0.3) is 0 Å². The van der Waals surface area contributed by atoms with Crippen molar-refractivity contribution >= 4 is 11.7 Å². The van der Waals surface area contributed by atoms with E-state index in [1.807, 2.05) is 27.7 Å². The molecule has 5 nitrogen and oxygen atoms in total. The van der Waals surface area contributed by atoms with Gasteiger partial charge in [-0.3, -0.25) is 9.59 Å². The Bertz CT molecular complexity index is 368. The third-order valence-corrected chi connectivity index (χ3v) is 3.63. The first-order chi connectivity index (χ1) is 8.90. The minimum absolute atomic E-state index is 0.0204. The maximum atomic E-state index is 11.9. The van der Waals surface area contributed by atoms with Gasteiger partial charge in [0, 0.05) is 12.0 Å². The van der Waals surface area contributed by atoms with Crippen LogP contribution in [0.3, 0.4) is 0 Å². The molecule has 0 aromatic rings. The van der Waals surface area contributed by atoms with Crippen molar-refractivity contribution in [2.45, 2.75) is 71.0 Å². The molecule has 0 aromatic carbocycles. The lowest BCUT2D eigenvalue weighted by Gasteiger charge is -2.07. The van der Waals surface area contributed by atoms with Gasteiger partial charge in [-0.15, -0.1) is 0 Å². The Balaban J connectivity index is 1.65. The molecule has 0 bridgehead atoms. The first-order valence-corrected chi connectivity index (χ1v) is 7.05. The molecule has 2 aliphatic rings.